The second-order valence-corrected chi connectivity index (χ2v) is 15.8. The number of carbonyl (C=O) groups is 1. The van der Waals surface area contributed by atoms with Gasteiger partial charge < -0.3 is 31.7 Å². The van der Waals surface area contributed by atoms with Gasteiger partial charge in [0.1, 0.15) is 0 Å². The summed E-state index contributed by atoms with van der Waals surface area (Å²) < 4.78 is 0. The van der Waals surface area contributed by atoms with E-state index in [2.05, 4.69) is 59.4 Å². The Kier molecular flexibility index (Phi) is 18.4. The summed E-state index contributed by atoms with van der Waals surface area (Å²) in [6, 6.07) is 11.1. The summed E-state index contributed by atoms with van der Waals surface area (Å²) in [5.41, 5.74) is 3.61. The molecule has 0 spiro atoms. The number of nitrogens with zero attached hydrogens (tertiary/aromatic N) is 6. The Balaban J connectivity index is 0.000000187. The number of unbranched alkanes of at least 4 members (excludes halogenated alkanes) is 2. The predicted molar refractivity (Wildman–Crippen MR) is 205 cm³/mol. The number of hydrogen-bond acceptors (Lipinski definition) is 2. The molecule has 1 radical (unpaired) electrons. The fourth-order valence-corrected chi connectivity index (χ4v) is 8.78. The first-order chi connectivity index (χ1) is 23.9. The Labute approximate surface area is 317 Å². The molecule has 0 amide bonds. The third-order valence-electron chi connectivity index (χ3n) is 11.7. The SMILES string of the molecule is C1CCC(C2CCCC[N-]2)[N-]C1.C1CCC(C2CCCC[N-]2)[N-]C1.CC1(C)C(C2CC(CCCCCC(=O)O)CC[N-]2)=Nc2ccccc21.[Ru+5]. The Hall–Kier alpha value is -1.22. The molecule has 0 bridgehead atoms. The van der Waals surface area contributed by atoms with Gasteiger partial charge in [-0.05, 0) is 24.0 Å². The summed E-state index contributed by atoms with van der Waals surface area (Å²) in [7, 11) is 0. The van der Waals surface area contributed by atoms with Gasteiger partial charge in [-0.25, -0.2) is 0 Å². The molecule has 0 saturated carbocycles. The summed E-state index contributed by atoms with van der Waals surface area (Å²) in [5, 5.41) is 32.3. The molecule has 6 atom stereocenters. The van der Waals surface area contributed by atoms with Crippen LogP contribution >= 0.6 is 0 Å². The number of rotatable bonds is 9. The molecule has 6 unspecified atom stereocenters. The van der Waals surface area contributed by atoms with Crippen molar-refractivity contribution in [3.05, 3.63) is 56.4 Å². The van der Waals surface area contributed by atoms with Gasteiger partial charge in [-0.1, -0.05) is 147 Å². The van der Waals surface area contributed by atoms with Gasteiger partial charge in [0.05, 0.1) is 5.69 Å². The van der Waals surface area contributed by atoms with E-state index in [1.807, 2.05) is 0 Å². The largest absolute Gasteiger partial charge is 5.00 e. The van der Waals surface area contributed by atoms with Crippen LogP contribution in [0.4, 0.5) is 5.69 Å². The fraction of sp³-hybridized carbons (Fsp3) is 0.805. The summed E-state index contributed by atoms with van der Waals surface area (Å²) in [6.07, 6.45) is 22.6. The van der Waals surface area contributed by atoms with Crippen LogP contribution in [0.2, 0.25) is 0 Å². The normalized spacial score (nSPS) is 30.6. The van der Waals surface area contributed by atoms with Crippen molar-refractivity contribution in [3.63, 3.8) is 0 Å². The molecule has 5 fully saturated rings. The number of aliphatic imine (C=N–C) groups is 1. The van der Waals surface area contributed by atoms with Crippen LogP contribution in [0, 0.1) is 5.92 Å². The van der Waals surface area contributed by atoms with E-state index in [1.165, 1.54) is 94.7 Å². The molecule has 6 aliphatic rings. The van der Waals surface area contributed by atoms with Gasteiger partial charge in [-0.15, -0.1) is 32.7 Å². The molecule has 6 heterocycles. The molecule has 5 saturated heterocycles. The van der Waals surface area contributed by atoms with Crippen LogP contribution in [-0.2, 0) is 29.7 Å². The van der Waals surface area contributed by atoms with E-state index < -0.39 is 5.97 Å². The molecule has 1 N–H and O–H groups in total. The van der Waals surface area contributed by atoms with Crippen molar-refractivity contribution in [1.82, 2.24) is 0 Å². The third-order valence-corrected chi connectivity index (χ3v) is 11.7. The summed E-state index contributed by atoms with van der Waals surface area (Å²) in [4.78, 5) is 15.5. The van der Waals surface area contributed by atoms with Crippen LogP contribution in [0.3, 0.4) is 0 Å². The maximum absolute atomic E-state index is 10.6. The molecule has 279 valence electrons. The van der Waals surface area contributed by atoms with Gasteiger partial charge in [0.15, 0.2) is 0 Å². The molecular formula is C41H65N6O2Ru. The molecule has 1 aromatic rings. The number of carboxylic acid groups (broad SMARTS) is 1. The zero-order valence-electron chi connectivity index (χ0n) is 31.1. The minimum absolute atomic E-state index is 0. The second-order valence-electron chi connectivity index (χ2n) is 15.8. The van der Waals surface area contributed by atoms with Crippen molar-refractivity contribution < 1.29 is 29.4 Å². The molecule has 7 rings (SSSR count). The Morgan fingerprint density at radius 2 is 1.22 bits per heavy atom. The number of hydrogen-bond donors (Lipinski definition) is 1. The smallest absolute Gasteiger partial charge is 0.661 e. The topological polar surface area (TPSA) is 120 Å². The van der Waals surface area contributed by atoms with Crippen molar-refractivity contribution in [3.8, 4) is 0 Å². The molecule has 0 aromatic heterocycles. The fourth-order valence-electron chi connectivity index (χ4n) is 8.78. The standard InChI is InChI=1S/C21H29N2O2.2C10H18N2.Ru/c1-21(2)16-9-6-7-10-17(16)23-20(21)18-14-15(12-13-22-18)8-4-3-5-11-19(24)25;2*1-3-7-11-9(5-1)10-6-2-4-8-12-10;/h6-7,9-10,15,18H,3-5,8,11-14H2,1-2H3,(H,24,25);2*9-10H,1-8H2;/q-1;2*-2;+5. The van der Waals surface area contributed by atoms with Gasteiger partial charge in [-0.2, -0.15) is 24.2 Å². The van der Waals surface area contributed by atoms with E-state index in [0.29, 0.717) is 36.5 Å². The molecule has 6 aliphatic heterocycles. The molecular weight excluding hydrogens is 710 g/mol. The summed E-state index contributed by atoms with van der Waals surface area (Å²) in [6.45, 7) is 9.84. The quantitative estimate of drug-likeness (QED) is 0.198. The Bertz CT molecular complexity index is 1080. The van der Waals surface area contributed by atoms with Crippen molar-refractivity contribution in [1.29, 1.82) is 0 Å². The Morgan fingerprint density at radius 3 is 1.68 bits per heavy atom. The van der Waals surface area contributed by atoms with Crippen LogP contribution in [0.15, 0.2) is 29.3 Å². The van der Waals surface area contributed by atoms with Crippen molar-refractivity contribution in [2.75, 3.05) is 32.7 Å². The van der Waals surface area contributed by atoms with Gasteiger partial charge in [0.25, 0.3) is 0 Å². The minimum atomic E-state index is -0.683. The minimum Gasteiger partial charge on any atom is -0.661 e. The average Bonchev–Trinajstić information content (AvgIpc) is 3.43. The van der Waals surface area contributed by atoms with Gasteiger partial charge in [0, 0.05) is 17.5 Å². The van der Waals surface area contributed by atoms with Crippen molar-refractivity contribution in [2.24, 2.45) is 10.9 Å². The number of carboxylic acids is 1. The molecule has 1 aromatic carbocycles. The zero-order chi connectivity index (χ0) is 34.3. The summed E-state index contributed by atoms with van der Waals surface area (Å²) >= 11 is 0. The predicted octanol–water partition coefficient (Wildman–Crippen LogP) is 10.9. The van der Waals surface area contributed by atoms with E-state index in [0.717, 1.165) is 70.5 Å². The first-order valence-electron chi connectivity index (χ1n) is 20.1. The van der Waals surface area contributed by atoms with Crippen LogP contribution in [0.1, 0.15) is 141 Å². The molecule has 50 heavy (non-hydrogen) atoms. The average molecular weight is 775 g/mol. The van der Waals surface area contributed by atoms with Crippen LogP contribution in [0.5, 0.6) is 0 Å². The Morgan fingerprint density at radius 1 is 0.700 bits per heavy atom. The van der Waals surface area contributed by atoms with Gasteiger partial charge in [0.2, 0.25) is 0 Å². The van der Waals surface area contributed by atoms with E-state index in [4.69, 9.17) is 15.4 Å². The van der Waals surface area contributed by atoms with E-state index in [1.54, 1.807) is 0 Å². The molecule has 9 heteroatoms. The molecule has 0 aliphatic carbocycles. The van der Waals surface area contributed by atoms with Crippen LogP contribution in [0.25, 0.3) is 26.6 Å². The first kappa shape index (κ1) is 41.5. The maximum atomic E-state index is 10.6. The van der Waals surface area contributed by atoms with Crippen molar-refractivity contribution in [2.45, 2.75) is 171 Å². The van der Waals surface area contributed by atoms with Gasteiger partial charge >= 0.3 is 25.4 Å². The van der Waals surface area contributed by atoms with E-state index in [-0.39, 0.29) is 30.9 Å². The third kappa shape index (κ3) is 12.7. The van der Waals surface area contributed by atoms with Crippen LogP contribution < -0.4 is 0 Å². The monoisotopic (exact) mass is 775 g/mol. The first-order valence-corrected chi connectivity index (χ1v) is 20.1. The summed E-state index contributed by atoms with van der Waals surface area (Å²) in [5.74, 6) is 0.00659. The number of aliphatic carboxylic acids is 1. The van der Waals surface area contributed by atoms with E-state index >= 15 is 0 Å². The van der Waals surface area contributed by atoms with Crippen LogP contribution in [-0.4, -0.2) is 79.7 Å². The van der Waals surface area contributed by atoms with Crippen molar-refractivity contribution >= 4 is 17.4 Å². The second kappa shape index (κ2) is 22.1. The number of fused-ring (bicyclic) bond motifs is 1. The van der Waals surface area contributed by atoms with E-state index in [9.17, 15) is 4.79 Å². The zero-order valence-corrected chi connectivity index (χ0v) is 32.9. The number of para-hydroxylation sites is 1. The number of benzene rings is 1. The molecule has 8 nitrogen and oxygen atoms in total. The number of piperidine rings is 5. The van der Waals surface area contributed by atoms with Gasteiger partial charge in [-0.3, -0.25) is 9.79 Å². The maximum Gasteiger partial charge on any atom is 5.00 e.